The average molecular weight is 383 g/mol. The van der Waals surface area contributed by atoms with Gasteiger partial charge < -0.3 is 25.4 Å². The van der Waals surface area contributed by atoms with E-state index in [0.29, 0.717) is 17.0 Å². The molecule has 1 fully saturated rings. The molecule has 1 saturated heterocycles. The van der Waals surface area contributed by atoms with Crippen molar-refractivity contribution in [2.24, 2.45) is 0 Å². The summed E-state index contributed by atoms with van der Waals surface area (Å²) in [7, 11) is 0. The lowest BCUT2D eigenvalue weighted by atomic mass is 10.1. The molecule has 0 bridgehead atoms. The smallest absolute Gasteiger partial charge is 0.167 e. The summed E-state index contributed by atoms with van der Waals surface area (Å²) in [6, 6.07) is 8.49. The lowest BCUT2D eigenvalue weighted by Gasteiger charge is -2.17. The van der Waals surface area contributed by atoms with Crippen LogP contribution in [0.4, 0.5) is 5.82 Å². The van der Waals surface area contributed by atoms with Crippen molar-refractivity contribution in [1.82, 2.24) is 19.5 Å². The van der Waals surface area contributed by atoms with Crippen molar-refractivity contribution < 1.29 is 20.1 Å². The monoisotopic (exact) mass is 383 g/mol. The first kappa shape index (κ1) is 17.5. The van der Waals surface area contributed by atoms with Gasteiger partial charge in [-0.1, -0.05) is 24.3 Å². The summed E-state index contributed by atoms with van der Waals surface area (Å²) in [5.74, 6) is 0.609. The second kappa shape index (κ2) is 6.78. The lowest BCUT2D eigenvalue weighted by molar-refractivity contribution is -0.0511. The molecular weight excluding hydrogens is 362 g/mol. The predicted octanol–water partition coefficient (Wildman–Crippen LogP) is 0.537. The number of nitrogens with zero attached hydrogens (tertiary/aromatic N) is 4. The molecule has 1 aliphatic carbocycles. The summed E-state index contributed by atoms with van der Waals surface area (Å²) in [4.78, 5) is 13.1. The summed E-state index contributed by atoms with van der Waals surface area (Å²) < 4.78 is 7.16. The minimum atomic E-state index is -1.19. The van der Waals surface area contributed by atoms with E-state index in [4.69, 9.17) is 4.74 Å². The molecule has 0 unspecified atom stereocenters. The molecule has 1 aliphatic heterocycles. The molecular formula is C19H21N5O4. The number of benzene rings is 1. The molecule has 5 rings (SSSR count). The molecule has 0 radical (unpaired) electrons. The van der Waals surface area contributed by atoms with Gasteiger partial charge >= 0.3 is 0 Å². The predicted molar refractivity (Wildman–Crippen MR) is 99.5 cm³/mol. The van der Waals surface area contributed by atoms with E-state index in [1.54, 1.807) is 4.57 Å². The molecule has 2 aromatic heterocycles. The fourth-order valence-electron chi connectivity index (χ4n) is 4.13. The van der Waals surface area contributed by atoms with Crippen molar-refractivity contribution >= 4 is 17.0 Å². The largest absolute Gasteiger partial charge is 0.394 e. The molecule has 0 amide bonds. The van der Waals surface area contributed by atoms with E-state index in [9.17, 15) is 15.3 Å². The van der Waals surface area contributed by atoms with Gasteiger partial charge in [-0.3, -0.25) is 4.57 Å². The third kappa shape index (κ3) is 2.67. The van der Waals surface area contributed by atoms with E-state index >= 15 is 0 Å². The number of aryl methyl sites for hydroxylation is 1. The molecule has 9 heteroatoms. The SMILES string of the molecule is OC[C@H]1O[C@@H](n2cnc3c(N[C@@H]4CCc5ccccc54)ncnc32)[C@H](O)[C@H]1O. The zero-order valence-corrected chi connectivity index (χ0v) is 15.0. The normalized spacial score (nSPS) is 29.3. The average Bonchev–Trinajstić information content (AvgIpc) is 3.40. The van der Waals surface area contributed by atoms with Crippen LogP contribution in [0.15, 0.2) is 36.9 Å². The van der Waals surface area contributed by atoms with Gasteiger partial charge in [0.25, 0.3) is 0 Å². The zero-order chi connectivity index (χ0) is 19.3. The van der Waals surface area contributed by atoms with Crippen molar-refractivity contribution in [1.29, 1.82) is 0 Å². The number of anilines is 1. The number of aliphatic hydroxyl groups is 3. The number of hydrogen-bond acceptors (Lipinski definition) is 8. The summed E-state index contributed by atoms with van der Waals surface area (Å²) in [5.41, 5.74) is 3.64. The Hall–Kier alpha value is -2.59. The van der Waals surface area contributed by atoms with Crippen LogP contribution in [-0.2, 0) is 11.2 Å². The van der Waals surface area contributed by atoms with Crippen LogP contribution in [0.3, 0.4) is 0 Å². The Bertz CT molecular complexity index is 1010. The molecule has 4 N–H and O–H groups in total. The highest BCUT2D eigenvalue weighted by atomic mass is 16.6. The van der Waals surface area contributed by atoms with Gasteiger partial charge in [-0.25, -0.2) is 15.0 Å². The Labute approximate surface area is 160 Å². The topological polar surface area (TPSA) is 126 Å². The van der Waals surface area contributed by atoms with Gasteiger partial charge in [-0.2, -0.15) is 0 Å². The van der Waals surface area contributed by atoms with E-state index < -0.39 is 24.5 Å². The number of fused-ring (bicyclic) bond motifs is 2. The van der Waals surface area contributed by atoms with Crippen LogP contribution in [0.25, 0.3) is 11.2 Å². The highest BCUT2D eigenvalue weighted by Gasteiger charge is 2.44. The van der Waals surface area contributed by atoms with Gasteiger partial charge in [0.1, 0.15) is 24.6 Å². The van der Waals surface area contributed by atoms with Gasteiger partial charge in [-0.15, -0.1) is 0 Å². The summed E-state index contributed by atoms with van der Waals surface area (Å²) in [5, 5.41) is 33.1. The van der Waals surface area contributed by atoms with Crippen molar-refractivity contribution in [3.63, 3.8) is 0 Å². The summed E-state index contributed by atoms with van der Waals surface area (Å²) in [6.45, 7) is -0.385. The minimum Gasteiger partial charge on any atom is -0.394 e. The number of ether oxygens (including phenoxy) is 1. The maximum atomic E-state index is 10.3. The van der Waals surface area contributed by atoms with Crippen molar-refractivity contribution in [3.05, 3.63) is 48.0 Å². The Kier molecular flexibility index (Phi) is 4.24. The lowest BCUT2D eigenvalue weighted by Crippen LogP contribution is -2.33. The van der Waals surface area contributed by atoms with Crippen LogP contribution in [-0.4, -0.2) is 59.8 Å². The van der Waals surface area contributed by atoms with Crippen LogP contribution in [0.1, 0.15) is 29.8 Å². The van der Waals surface area contributed by atoms with Crippen LogP contribution in [0.2, 0.25) is 0 Å². The summed E-state index contributed by atoms with van der Waals surface area (Å²) in [6.07, 6.45) is 0.821. The molecule has 3 aromatic rings. The molecule has 0 spiro atoms. The molecule has 3 heterocycles. The van der Waals surface area contributed by atoms with E-state index in [1.165, 1.54) is 23.8 Å². The molecule has 9 nitrogen and oxygen atoms in total. The quantitative estimate of drug-likeness (QED) is 0.514. The first-order valence-corrected chi connectivity index (χ1v) is 9.31. The van der Waals surface area contributed by atoms with Crippen molar-refractivity contribution in [2.75, 3.05) is 11.9 Å². The van der Waals surface area contributed by atoms with Gasteiger partial charge in [0.05, 0.1) is 19.0 Å². The molecule has 146 valence electrons. The Balaban J connectivity index is 1.47. The molecule has 0 saturated carbocycles. The fourth-order valence-corrected chi connectivity index (χ4v) is 4.13. The first-order chi connectivity index (χ1) is 13.7. The Morgan fingerprint density at radius 3 is 2.82 bits per heavy atom. The second-order valence-electron chi connectivity index (χ2n) is 7.21. The first-order valence-electron chi connectivity index (χ1n) is 9.31. The number of rotatable bonds is 4. The van der Waals surface area contributed by atoms with Gasteiger partial charge in [0, 0.05) is 0 Å². The Morgan fingerprint density at radius 2 is 2.00 bits per heavy atom. The fraction of sp³-hybridized carbons (Fsp3) is 0.421. The number of imidazole rings is 1. The molecule has 1 aromatic carbocycles. The molecule has 2 aliphatic rings. The maximum Gasteiger partial charge on any atom is 0.167 e. The second-order valence-corrected chi connectivity index (χ2v) is 7.21. The minimum absolute atomic E-state index is 0.147. The van der Waals surface area contributed by atoms with E-state index in [-0.39, 0.29) is 12.6 Å². The highest BCUT2D eigenvalue weighted by molar-refractivity contribution is 5.83. The Morgan fingerprint density at radius 1 is 1.14 bits per heavy atom. The third-order valence-electron chi connectivity index (χ3n) is 5.59. The third-order valence-corrected chi connectivity index (χ3v) is 5.59. The zero-order valence-electron chi connectivity index (χ0n) is 15.0. The molecule has 28 heavy (non-hydrogen) atoms. The standard InChI is InChI=1S/C19H21N5O4/c25-7-13-15(26)16(27)19(28-13)24-9-22-14-17(20-8-21-18(14)24)23-12-6-5-10-3-1-2-4-11(10)12/h1-4,8-9,12-13,15-16,19,25-27H,5-7H2,(H,20,21,23)/t12-,13-,15+,16-,19-/m1/s1. The van der Waals surface area contributed by atoms with Crippen LogP contribution in [0, 0.1) is 0 Å². The van der Waals surface area contributed by atoms with Crippen LogP contribution >= 0.6 is 0 Å². The molecule has 5 atom stereocenters. The van der Waals surface area contributed by atoms with Crippen LogP contribution < -0.4 is 5.32 Å². The highest BCUT2D eigenvalue weighted by Crippen LogP contribution is 2.36. The maximum absolute atomic E-state index is 10.3. The number of hydrogen-bond donors (Lipinski definition) is 4. The van der Waals surface area contributed by atoms with E-state index in [1.807, 2.05) is 12.1 Å². The van der Waals surface area contributed by atoms with Gasteiger partial charge in [0.2, 0.25) is 0 Å². The van der Waals surface area contributed by atoms with Crippen LogP contribution in [0.5, 0.6) is 0 Å². The number of nitrogens with one attached hydrogen (secondary N) is 1. The summed E-state index contributed by atoms with van der Waals surface area (Å²) >= 11 is 0. The number of aliphatic hydroxyl groups excluding tert-OH is 3. The van der Waals surface area contributed by atoms with Crippen molar-refractivity contribution in [3.8, 4) is 0 Å². The number of aromatic nitrogens is 4. The van der Waals surface area contributed by atoms with E-state index in [2.05, 4.69) is 32.4 Å². The van der Waals surface area contributed by atoms with Crippen molar-refractivity contribution in [2.45, 2.75) is 43.4 Å². The van der Waals surface area contributed by atoms with Gasteiger partial charge in [0.15, 0.2) is 23.2 Å². The van der Waals surface area contributed by atoms with Gasteiger partial charge in [-0.05, 0) is 24.0 Å². The van der Waals surface area contributed by atoms with E-state index in [0.717, 1.165) is 12.8 Å².